The number of nitrogens with zero attached hydrogens (tertiary/aromatic N) is 1. The Bertz CT molecular complexity index is 427. The minimum absolute atomic E-state index is 0.0169. The number of urea groups is 1. The number of amides is 2. The molecular weight excluding hydrogens is 320 g/mol. The fourth-order valence-corrected chi connectivity index (χ4v) is 2.26. The molecule has 2 amide bonds. The highest BCUT2D eigenvalue weighted by molar-refractivity contribution is 9.10. The molecule has 0 atom stereocenters. The normalized spacial score (nSPS) is 10.6. The van der Waals surface area contributed by atoms with Crippen molar-refractivity contribution in [3.8, 4) is 0 Å². The number of aliphatic hydroxyl groups is 1. The van der Waals surface area contributed by atoms with Crippen molar-refractivity contribution < 1.29 is 9.90 Å². The number of nitrogens with one attached hydrogen (secondary N) is 1. The molecule has 0 bridgehead atoms. The van der Waals surface area contributed by atoms with Gasteiger partial charge in [-0.25, -0.2) is 4.79 Å². The van der Waals surface area contributed by atoms with Gasteiger partial charge in [0.05, 0.1) is 12.3 Å². The zero-order valence-electron chi connectivity index (χ0n) is 10.3. The maximum Gasteiger partial charge on any atom is 0.322 e. The van der Waals surface area contributed by atoms with Gasteiger partial charge in [0.1, 0.15) is 0 Å². The lowest BCUT2D eigenvalue weighted by atomic mass is 10.3. The van der Waals surface area contributed by atoms with Crippen LogP contribution in [0.2, 0.25) is 5.02 Å². The van der Waals surface area contributed by atoms with E-state index in [4.69, 9.17) is 16.7 Å². The number of carbonyl (C=O) groups is 1. The number of anilines is 1. The highest BCUT2D eigenvalue weighted by Crippen LogP contribution is 2.26. The van der Waals surface area contributed by atoms with Gasteiger partial charge in [-0.15, -0.1) is 0 Å². The first-order valence-corrected chi connectivity index (χ1v) is 6.76. The van der Waals surface area contributed by atoms with Crippen LogP contribution in [0.1, 0.15) is 13.8 Å². The molecule has 0 aromatic heterocycles. The molecule has 100 valence electrons. The van der Waals surface area contributed by atoms with Gasteiger partial charge in [-0.05, 0) is 48.0 Å². The van der Waals surface area contributed by atoms with Gasteiger partial charge in [0.25, 0.3) is 0 Å². The molecule has 0 radical (unpaired) electrons. The van der Waals surface area contributed by atoms with Crippen LogP contribution in [0.4, 0.5) is 10.5 Å². The minimum atomic E-state index is -0.248. The number of halogens is 2. The monoisotopic (exact) mass is 334 g/mol. The Morgan fingerprint density at radius 1 is 1.56 bits per heavy atom. The first-order chi connectivity index (χ1) is 8.45. The molecule has 0 fully saturated rings. The predicted octanol–water partition coefficient (Wildman–Crippen LogP) is 3.34. The summed E-state index contributed by atoms with van der Waals surface area (Å²) in [5, 5.41) is 12.3. The SMILES string of the molecule is CC(C)N(CCO)C(=O)Nc1ccc(Cl)cc1Br. The number of benzene rings is 1. The third-order valence-corrected chi connectivity index (χ3v) is 3.29. The van der Waals surface area contributed by atoms with Crippen molar-refractivity contribution in [3.05, 3.63) is 27.7 Å². The lowest BCUT2D eigenvalue weighted by molar-refractivity contribution is 0.172. The van der Waals surface area contributed by atoms with Crippen molar-refractivity contribution >= 4 is 39.2 Å². The summed E-state index contributed by atoms with van der Waals surface area (Å²) in [5.41, 5.74) is 0.646. The fraction of sp³-hybridized carbons (Fsp3) is 0.417. The third kappa shape index (κ3) is 4.15. The number of hydrogen-bond donors (Lipinski definition) is 2. The van der Waals surface area contributed by atoms with E-state index in [0.29, 0.717) is 17.3 Å². The van der Waals surface area contributed by atoms with Gasteiger partial charge < -0.3 is 15.3 Å². The molecule has 1 aromatic rings. The van der Waals surface area contributed by atoms with Crippen molar-refractivity contribution in [2.45, 2.75) is 19.9 Å². The lowest BCUT2D eigenvalue weighted by Gasteiger charge is -2.26. The van der Waals surface area contributed by atoms with E-state index in [1.54, 1.807) is 23.1 Å². The first-order valence-electron chi connectivity index (χ1n) is 5.59. The first kappa shape index (κ1) is 15.3. The predicted molar refractivity (Wildman–Crippen MR) is 77.1 cm³/mol. The molecular formula is C12H16BrClN2O2. The van der Waals surface area contributed by atoms with E-state index >= 15 is 0 Å². The van der Waals surface area contributed by atoms with Crippen LogP contribution in [0.15, 0.2) is 22.7 Å². The summed E-state index contributed by atoms with van der Waals surface area (Å²) in [7, 11) is 0. The van der Waals surface area contributed by atoms with Crippen molar-refractivity contribution in [1.82, 2.24) is 4.90 Å². The lowest BCUT2D eigenvalue weighted by Crippen LogP contribution is -2.41. The van der Waals surface area contributed by atoms with Crippen LogP contribution < -0.4 is 5.32 Å². The molecule has 0 saturated carbocycles. The van der Waals surface area contributed by atoms with E-state index in [1.807, 2.05) is 13.8 Å². The van der Waals surface area contributed by atoms with Crippen molar-refractivity contribution in [1.29, 1.82) is 0 Å². The Morgan fingerprint density at radius 2 is 2.22 bits per heavy atom. The minimum Gasteiger partial charge on any atom is -0.395 e. The average Bonchev–Trinajstić information content (AvgIpc) is 2.29. The second-order valence-corrected chi connectivity index (χ2v) is 5.36. The van der Waals surface area contributed by atoms with Gasteiger partial charge >= 0.3 is 6.03 Å². The average molecular weight is 336 g/mol. The molecule has 0 aliphatic rings. The largest absolute Gasteiger partial charge is 0.395 e. The molecule has 1 rings (SSSR count). The highest BCUT2D eigenvalue weighted by atomic mass is 79.9. The maximum atomic E-state index is 12.0. The van der Waals surface area contributed by atoms with Gasteiger partial charge in [0.15, 0.2) is 0 Å². The van der Waals surface area contributed by atoms with Crippen molar-refractivity contribution in [2.75, 3.05) is 18.5 Å². The molecule has 0 unspecified atom stereocenters. The van der Waals surface area contributed by atoms with E-state index in [9.17, 15) is 4.79 Å². The number of hydrogen-bond acceptors (Lipinski definition) is 2. The second kappa shape index (κ2) is 6.97. The van der Waals surface area contributed by atoms with E-state index in [1.165, 1.54) is 0 Å². The summed E-state index contributed by atoms with van der Waals surface area (Å²) in [6.45, 7) is 4.03. The smallest absolute Gasteiger partial charge is 0.322 e. The molecule has 4 nitrogen and oxygen atoms in total. The Morgan fingerprint density at radius 3 is 2.72 bits per heavy atom. The molecule has 0 saturated heterocycles. The Hall–Kier alpha value is -0.780. The van der Waals surface area contributed by atoms with Gasteiger partial charge in [0, 0.05) is 22.1 Å². The number of aliphatic hydroxyl groups excluding tert-OH is 1. The molecule has 18 heavy (non-hydrogen) atoms. The summed E-state index contributed by atoms with van der Waals surface area (Å²) in [6.07, 6.45) is 0. The van der Waals surface area contributed by atoms with Crippen LogP contribution >= 0.6 is 27.5 Å². The topological polar surface area (TPSA) is 52.6 Å². The van der Waals surface area contributed by atoms with E-state index in [0.717, 1.165) is 4.47 Å². The zero-order valence-corrected chi connectivity index (χ0v) is 12.6. The summed E-state index contributed by atoms with van der Waals surface area (Å²) in [5.74, 6) is 0. The van der Waals surface area contributed by atoms with Crippen LogP contribution in [0.25, 0.3) is 0 Å². The van der Waals surface area contributed by atoms with Gasteiger partial charge in [-0.2, -0.15) is 0 Å². The zero-order chi connectivity index (χ0) is 13.7. The number of rotatable bonds is 4. The van der Waals surface area contributed by atoms with E-state index in [-0.39, 0.29) is 18.7 Å². The standard InChI is InChI=1S/C12H16BrClN2O2/c1-8(2)16(5-6-17)12(18)15-11-4-3-9(14)7-10(11)13/h3-4,7-8,17H,5-6H2,1-2H3,(H,15,18). The molecule has 6 heteroatoms. The second-order valence-electron chi connectivity index (χ2n) is 4.07. The van der Waals surface area contributed by atoms with E-state index in [2.05, 4.69) is 21.2 Å². The molecule has 2 N–H and O–H groups in total. The fourth-order valence-electron chi connectivity index (χ4n) is 1.48. The highest BCUT2D eigenvalue weighted by Gasteiger charge is 2.17. The van der Waals surface area contributed by atoms with Crippen LogP contribution in [-0.4, -0.2) is 35.2 Å². The summed E-state index contributed by atoms with van der Waals surface area (Å²) < 4.78 is 0.719. The Labute approximate surface area is 120 Å². The van der Waals surface area contributed by atoms with Crippen molar-refractivity contribution in [3.63, 3.8) is 0 Å². The van der Waals surface area contributed by atoms with Gasteiger partial charge in [0.2, 0.25) is 0 Å². The molecule has 0 spiro atoms. The molecule has 1 aromatic carbocycles. The molecule has 0 aliphatic carbocycles. The van der Waals surface area contributed by atoms with Crippen LogP contribution in [0.3, 0.4) is 0 Å². The molecule has 0 aliphatic heterocycles. The van der Waals surface area contributed by atoms with Gasteiger partial charge in [-0.1, -0.05) is 11.6 Å². The summed E-state index contributed by atoms with van der Waals surface area (Å²) in [6, 6.07) is 4.91. The maximum absolute atomic E-state index is 12.0. The van der Waals surface area contributed by atoms with E-state index < -0.39 is 0 Å². The Kier molecular flexibility index (Phi) is 5.91. The van der Waals surface area contributed by atoms with Crippen LogP contribution in [0, 0.1) is 0 Å². The summed E-state index contributed by atoms with van der Waals surface area (Å²) >= 11 is 9.16. The summed E-state index contributed by atoms with van der Waals surface area (Å²) in [4.78, 5) is 13.6. The quantitative estimate of drug-likeness (QED) is 0.886. The Balaban J connectivity index is 2.79. The van der Waals surface area contributed by atoms with Crippen LogP contribution in [0.5, 0.6) is 0 Å². The number of carbonyl (C=O) groups excluding carboxylic acids is 1. The van der Waals surface area contributed by atoms with Crippen molar-refractivity contribution in [2.24, 2.45) is 0 Å². The van der Waals surface area contributed by atoms with Gasteiger partial charge in [-0.3, -0.25) is 0 Å². The third-order valence-electron chi connectivity index (χ3n) is 2.40. The van der Waals surface area contributed by atoms with Crippen LogP contribution in [-0.2, 0) is 0 Å². The molecule has 0 heterocycles.